The first-order valence-corrected chi connectivity index (χ1v) is 5.59. The van der Waals surface area contributed by atoms with Crippen molar-refractivity contribution in [1.82, 2.24) is 4.98 Å². The van der Waals surface area contributed by atoms with Gasteiger partial charge in [0.25, 0.3) is 6.43 Å². The van der Waals surface area contributed by atoms with E-state index in [4.69, 9.17) is 10.5 Å². The van der Waals surface area contributed by atoms with Gasteiger partial charge < -0.3 is 10.5 Å². The molecule has 0 aliphatic rings. The van der Waals surface area contributed by atoms with Gasteiger partial charge in [0.1, 0.15) is 6.61 Å². The van der Waals surface area contributed by atoms with Gasteiger partial charge in [0.05, 0.1) is 17.3 Å². The second-order valence-corrected chi connectivity index (χ2v) is 3.93. The first-order valence-electron chi connectivity index (χ1n) is 4.71. The summed E-state index contributed by atoms with van der Waals surface area (Å²) in [5.74, 6) is 0. The van der Waals surface area contributed by atoms with Crippen LogP contribution in [0.15, 0.2) is 5.38 Å². The third-order valence-electron chi connectivity index (χ3n) is 1.70. The topological polar surface area (TPSA) is 48.1 Å². The Hall–Kier alpha value is -0.590. The monoisotopic (exact) mass is 236 g/mol. The highest BCUT2D eigenvalue weighted by Crippen LogP contribution is 2.10. The van der Waals surface area contributed by atoms with E-state index in [2.05, 4.69) is 4.98 Å². The van der Waals surface area contributed by atoms with Crippen molar-refractivity contribution in [3.05, 3.63) is 16.1 Å². The van der Waals surface area contributed by atoms with Crippen molar-refractivity contribution in [3.63, 3.8) is 0 Å². The van der Waals surface area contributed by atoms with Gasteiger partial charge in [-0.05, 0) is 6.54 Å². The maximum absolute atomic E-state index is 11.7. The van der Waals surface area contributed by atoms with Gasteiger partial charge in [0, 0.05) is 18.2 Å². The van der Waals surface area contributed by atoms with E-state index in [9.17, 15) is 8.78 Å². The van der Waals surface area contributed by atoms with Crippen LogP contribution in [0, 0.1) is 0 Å². The lowest BCUT2D eigenvalue weighted by Gasteiger charge is -2.00. The Kier molecular flexibility index (Phi) is 5.67. The van der Waals surface area contributed by atoms with Crippen LogP contribution in [-0.4, -0.2) is 31.2 Å². The minimum Gasteiger partial charge on any atom is -0.375 e. The fraction of sp³-hybridized carbons (Fsp3) is 0.667. The first kappa shape index (κ1) is 12.5. The SMILES string of the molecule is NCCc1csc(CCOCC(F)F)n1. The van der Waals surface area contributed by atoms with Crippen LogP contribution in [0.25, 0.3) is 0 Å². The lowest BCUT2D eigenvalue weighted by atomic mass is 10.3. The van der Waals surface area contributed by atoms with E-state index in [-0.39, 0.29) is 0 Å². The van der Waals surface area contributed by atoms with Crippen molar-refractivity contribution in [2.24, 2.45) is 5.73 Å². The highest BCUT2D eigenvalue weighted by Gasteiger charge is 2.04. The Balaban J connectivity index is 2.19. The largest absolute Gasteiger partial charge is 0.375 e. The molecule has 0 aromatic carbocycles. The molecule has 0 amide bonds. The molecule has 1 heterocycles. The number of thiazole rings is 1. The Morgan fingerprint density at radius 3 is 2.93 bits per heavy atom. The van der Waals surface area contributed by atoms with E-state index < -0.39 is 13.0 Å². The van der Waals surface area contributed by atoms with Gasteiger partial charge in [0.2, 0.25) is 0 Å². The number of halogens is 2. The average Bonchev–Trinajstić information content (AvgIpc) is 2.61. The zero-order chi connectivity index (χ0) is 11.1. The van der Waals surface area contributed by atoms with Crippen molar-refractivity contribution in [3.8, 4) is 0 Å². The number of rotatable bonds is 7. The van der Waals surface area contributed by atoms with Gasteiger partial charge in [-0.1, -0.05) is 0 Å². The molecule has 0 saturated carbocycles. The smallest absolute Gasteiger partial charge is 0.261 e. The summed E-state index contributed by atoms with van der Waals surface area (Å²) in [5, 5.41) is 2.85. The Morgan fingerprint density at radius 1 is 1.47 bits per heavy atom. The van der Waals surface area contributed by atoms with Crippen LogP contribution >= 0.6 is 11.3 Å². The first-order chi connectivity index (χ1) is 7.22. The fourth-order valence-electron chi connectivity index (χ4n) is 1.06. The van der Waals surface area contributed by atoms with Gasteiger partial charge in [-0.15, -0.1) is 11.3 Å². The molecule has 0 fully saturated rings. The number of nitrogens with two attached hydrogens (primary N) is 1. The molecule has 0 aliphatic carbocycles. The molecule has 0 unspecified atom stereocenters. The van der Waals surface area contributed by atoms with Gasteiger partial charge in [-0.25, -0.2) is 13.8 Å². The van der Waals surface area contributed by atoms with Crippen molar-refractivity contribution >= 4 is 11.3 Å². The van der Waals surface area contributed by atoms with E-state index in [1.165, 1.54) is 11.3 Å². The molecule has 86 valence electrons. The standard InChI is InChI=1S/C9H14F2N2OS/c10-8(11)5-14-4-2-9-13-7(1-3-12)6-15-9/h6,8H,1-5,12H2. The Bertz CT molecular complexity index is 281. The van der Waals surface area contributed by atoms with E-state index in [0.29, 0.717) is 19.6 Å². The van der Waals surface area contributed by atoms with Crippen LogP contribution in [0.5, 0.6) is 0 Å². The average molecular weight is 236 g/mol. The predicted octanol–water partition coefficient (Wildman–Crippen LogP) is 1.47. The van der Waals surface area contributed by atoms with Crippen molar-refractivity contribution in [2.45, 2.75) is 19.3 Å². The highest BCUT2D eigenvalue weighted by molar-refractivity contribution is 7.09. The lowest BCUT2D eigenvalue weighted by molar-refractivity contribution is 0.0187. The summed E-state index contributed by atoms with van der Waals surface area (Å²) in [6.45, 7) is 0.367. The van der Waals surface area contributed by atoms with E-state index in [1.54, 1.807) is 0 Å². The summed E-state index contributed by atoms with van der Waals surface area (Å²) >= 11 is 1.51. The molecule has 6 heteroatoms. The summed E-state index contributed by atoms with van der Waals surface area (Å²) in [4.78, 5) is 4.29. The molecule has 0 saturated heterocycles. The van der Waals surface area contributed by atoms with Crippen LogP contribution in [0.3, 0.4) is 0 Å². The minimum atomic E-state index is -2.39. The van der Waals surface area contributed by atoms with E-state index in [1.807, 2.05) is 5.38 Å². The van der Waals surface area contributed by atoms with Crippen LogP contribution in [0.4, 0.5) is 8.78 Å². The molecule has 0 radical (unpaired) electrons. The number of alkyl halides is 2. The van der Waals surface area contributed by atoms with Gasteiger partial charge in [-0.3, -0.25) is 0 Å². The zero-order valence-corrected chi connectivity index (χ0v) is 9.10. The highest BCUT2D eigenvalue weighted by atomic mass is 32.1. The molecule has 3 nitrogen and oxygen atoms in total. The summed E-state index contributed by atoms with van der Waals surface area (Å²) in [5.41, 5.74) is 6.35. The normalized spacial score (nSPS) is 11.2. The van der Waals surface area contributed by atoms with Crippen molar-refractivity contribution in [1.29, 1.82) is 0 Å². The number of hydrogen-bond acceptors (Lipinski definition) is 4. The third kappa shape index (κ3) is 5.15. The molecule has 1 rings (SSSR count). The quantitative estimate of drug-likeness (QED) is 0.729. The third-order valence-corrected chi connectivity index (χ3v) is 2.66. The molecule has 1 aromatic rings. The van der Waals surface area contributed by atoms with Crippen molar-refractivity contribution < 1.29 is 13.5 Å². The molecule has 0 bridgehead atoms. The van der Waals surface area contributed by atoms with E-state index >= 15 is 0 Å². The molecular weight excluding hydrogens is 222 g/mol. The number of nitrogens with zero attached hydrogens (tertiary/aromatic N) is 1. The zero-order valence-electron chi connectivity index (χ0n) is 8.29. The number of aromatic nitrogens is 1. The maximum atomic E-state index is 11.7. The Labute approximate surface area is 91.3 Å². The summed E-state index contributed by atoms with van der Waals surface area (Å²) in [6.07, 6.45) is -1.05. The molecular formula is C9H14F2N2OS. The van der Waals surface area contributed by atoms with Crippen molar-refractivity contribution in [2.75, 3.05) is 19.8 Å². The van der Waals surface area contributed by atoms with Crippen LogP contribution in [-0.2, 0) is 17.6 Å². The molecule has 15 heavy (non-hydrogen) atoms. The fourth-order valence-corrected chi connectivity index (χ4v) is 1.87. The second-order valence-electron chi connectivity index (χ2n) is 2.99. The summed E-state index contributed by atoms with van der Waals surface area (Å²) in [6, 6.07) is 0. The molecule has 2 N–H and O–H groups in total. The molecule has 0 spiro atoms. The van der Waals surface area contributed by atoms with Crippen LogP contribution < -0.4 is 5.73 Å². The number of ether oxygens (including phenoxy) is 1. The summed E-state index contributed by atoms with van der Waals surface area (Å²) < 4.78 is 28.2. The Morgan fingerprint density at radius 2 is 2.27 bits per heavy atom. The van der Waals surface area contributed by atoms with Crippen LogP contribution in [0.2, 0.25) is 0 Å². The lowest BCUT2D eigenvalue weighted by Crippen LogP contribution is -2.07. The van der Waals surface area contributed by atoms with Gasteiger partial charge in [-0.2, -0.15) is 0 Å². The van der Waals surface area contributed by atoms with Crippen LogP contribution in [0.1, 0.15) is 10.7 Å². The van der Waals surface area contributed by atoms with Gasteiger partial charge >= 0.3 is 0 Å². The predicted molar refractivity (Wildman–Crippen MR) is 55.4 cm³/mol. The second kappa shape index (κ2) is 6.81. The van der Waals surface area contributed by atoms with E-state index in [0.717, 1.165) is 17.1 Å². The molecule has 1 aromatic heterocycles. The van der Waals surface area contributed by atoms with Gasteiger partial charge in [0.15, 0.2) is 0 Å². The minimum absolute atomic E-state index is 0.292. The molecule has 0 aliphatic heterocycles. The molecule has 0 atom stereocenters. The maximum Gasteiger partial charge on any atom is 0.261 e. The summed E-state index contributed by atoms with van der Waals surface area (Å²) in [7, 11) is 0. The number of hydrogen-bond donors (Lipinski definition) is 1.